The fraction of sp³-hybridized carbons (Fsp3) is 0. The van der Waals surface area contributed by atoms with Crippen LogP contribution in [0.1, 0.15) is 0 Å². The number of nitrogens with zero attached hydrogens (tertiary/aromatic N) is 3. The van der Waals surface area contributed by atoms with Crippen molar-refractivity contribution in [3.05, 3.63) is 103 Å². The standard InChI is InChI=1S/C24H17N3/c1-3-7-18(8-4-1)19-11-13-21(14-12-19)23-15-16-25-24-22(17-26-27(23)24)20-9-5-2-6-10-20/h1-17H. The van der Waals surface area contributed by atoms with Gasteiger partial charge in [-0.1, -0.05) is 84.9 Å². The van der Waals surface area contributed by atoms with Crippen LogP contribution in [0.2, 0.25) is 0 Å². The summed E-state index contributed by atoms with van der Waals surface area (Å²) < 4.78 is 1.92. The van der Waals surface area contributed by atoms with Gasteiger partial charge in [0.2, 0.25) is 0 Å². The highest BCUT2D eigenvalue weighted by Crippen LogP contribution is 2.28. The van der Waals surface area contributed by atoms with Crippen molar-refractivity contribution in [1.82, 2.24) is 14.6 Å². The lowest BCUT2D eigenvalue weighted by molar-refractivity contribution is 0.948. The molecule has 2 aromatic heterocycles. The van der Waals surface area contributed by atoms with Crippen LogP contribution in [0, 0.1) is 0 Å². The molecule has 5 rings (SSSR count). The third-order valence-corrected chi connectivity index (χ3v) is 4.77. The average Bonchev–Trinajstić information content (AvgIpc) is 3.19. The molecular formula is C24H17N3. The van der Waals surface area contributed by atoms with E-state index >= 15 is 0 Å². The molecule has 0 spiro atoms. The van der Waals surface area contributed by atoms with Gasteiger partial charge in [-0.15, -0.1) is 0 Å². The summed E-state index contributed by atoms with van der Waals surface area (Å²) in [5, 5.41) is 4.61. The topological polar surface area (TPSA) is 30.2 Å². The molecule has 0 N–H and O–H groups in total. The molecule has 128 valence electrons. The highest BCUT2D eigenvalue weighted by molar-refractivity contribution is 5.79. The van der Waals surface area contributed by atoms with Gasteiger partial charge in [0.05, 0.1) is 11.9 Å². The summed E-state index contributed by atoms with van der Waals surface area (Å²) in [5.74, 6) is 0. The number of hydrogen-bond donors (Lipinski definition) is 0. The number of benzene rings is 3. The number of aromatic nitrogens is 3. The van der Waals surface area contributed by atoms with Crippen LogP contribution >= 0.6 is 0 Å². The van der Waals surface area contributed by atoms with E-state index in [1.165, 1.54) is 11.1 Å². The minimum absolute atomic E-state index is 0.867. The van der Waals surface area contributed by atoms with Crippen LogP contribution in [0.5, 0.6) is 0 Å². The molecule has 27 heavy (non-hydrogen) atoms. The number of hydrogen-bond acceptors (Lipinski definition) is 2. The van der Waals surface area contributed by atoms with Crippen LogP contribution in [0.15, 0.2) is 103 Å². The summed E-state index contributed by atoms with van der Waals surface area (Å²) in [6.07, 6.45) is 3.74. The molecule has 0 aliphatic carbocycles. The molecule has 3 nitrogen and oxygen atoms in total. The molecule has 3 aromatic carbocycles. The van der Waals surface area contributed by atoms with Crippen LogP contribution < -0.4 is 0 Å². The van der Waals surface area contributed by atoms with E-state index in [4.69, 9.17) is 0 Å². The van der Waals surface area contributed by atoms with Crippen molar-refractivity contribution < 1.29 is 0 Å². The van der Waals surface area contributed by atoms with Gasteiger partial charge in [0.15, 0.2) is 5.65 Å². The van der Waals surface area contributed by atoms with E-state index in [1.54, 1.807) is 0 Å². The fourth-order valence-corrected chi connectivity index (χ4v) is 3.40. The summed E-state index contributed by atoms with van der Waals surface area (Å²) in [6, 6.07) is 31.2. The quantitative estimate of drug-likeness (QED) is 0.417. The first-order valence-electron chi connectivity index (χ1n) is 8.94. The van der Waals surface area contributed by atoms with E-state index in [0.717, 1.165) is 28.0 Å². The van der Waals surface area contributed by atoms with Gasteiger partial charge in [-0.05, 0) is 22.8 Å². The van der Waals surface area contributed by atoms with E-state index in [-0.39, 0.29) is 0 Å². The maximum absolute atomic E-state index is 4.61. The predicted octanol–water partition coefficient (Wildman–Crippen LogP) is 5.73. The SMILES string of the molecule is c1ccc(-c2ccc(-c3ccnc4c(-c5ccccc5)cnn34)cc2)cc1. The van der Waals surface area contributed by atoms with Crippen molar-refractivity contribution in [2.75, 3.05) is 0 Å². The molecule has 2 heterocycles. The van der Waals surface area contributed by atoms with E-state index in [0.29, 0.717) is 0 Å². The van der Waals surface area contributed by atoms with Gasteiger partial charge in [0, 0.05) is 17.3 Å². The van der Waals surface area contributed by atoms with E-state index in [2.05, 4.69) is 70.7 Å². The van der Waals surface area contributed by atoms with Crippen molar-refractivity contribution in [1.29, 1.82) is 0 Å². The van der Waals surface area contributed by atoms with Gasteiger partial charge >= 0.3 is 0 Å². The summed E-state index contributed by atoms with van der Waals surface area (Å²) in [6.45, 7) is 0. The van der Waals surface area contributed by atoms with Crippen LogP contribution in [0.3, 0.4) is 0 Å². The minimum Gasteiger partial charge on any atom is -0.236 e. The van der Waals surface area contributed by atoms with E-state index in [9.17, 15) is 0 Å². The van der Waals surface area contributed by atoms with Crippen molar-refractivity contribution in [3.8, 4) is 33.5 Å². The monoisotopic (exact) mass is 347 g/mol. The zero-order valence-electron chi connectivity index (χ0n) is 14.7. The Kier molecular flexibility index (Phi) is 3.76. The molecule has 0 aliphatic rings. The Hall–Kier alpha value is -3.72. The third-order valence-electron chi connectivity index (χ3n) is 4.77. The van der Waals surface area contributed by atoms with Crippen LogP contribution in [-0.2, 0) is 0 Å². The highest BCUT2D eigenvalue weighted by Gasteiger charge is 2.11. The van der Waals surface area contributed by atoms with Gasteiger partial charge in [-0.25, -0.2) is 9.50 Å². The van der Waals surface area contributed by atoms with Crippen LogP contribution in [-0.4, -0.2) is 14.6 Å². The fourth-order valence-electron chi connectivity index (χ4n) is 3.40. The molecule has 3 heteroatoms. The molecule has 0 fully saturated rings. The number of rotatable bonds is 3. The summed E-state index contributed by atoms with van der Waals surface area (Å²) >= 11 is 0. The molecule has 0 unspecified atom stereocenters. The highest BCUT2D eigenvalue weighted by atomic mass is 15.3. The first-order valence-corrected chi connectivity index (χ1v) is 8.94. The Morgan fingerprint density at radius 2 is 1.15 bits per heavy atom. The van der Waals surface area contributed by atoms with Crippen LogP contribution in [0.25, 0.3) is 39.2 Å². The third kappa shape index (κ3) is 2.79. The Bertz CT molecular complexity index is 1190. The van der Waals surface area contributed by atoms with Crippen molar-refractivity contribution in [2.45, 2.75) is 0 Å². The van der Waals surface area contributed by atoms with Crippen molar-refractivity contribution >= 4 is 5.65 Å². The molecule has 0 amide bonds. The molecule has 0 saturated heterocycles. The van der Waals surface area contributed by atoms with Crippen molar-refractivity contribution in [3.63, 3.8) is 0 Å². The molecule has 0 atom stereocenters. The minimum atomic E-state index is 0.867. The zero-order valence-corrected chi connectivity index (χ0v) is 14.7. The molecule has 0 aliphatic heterocycles. The average molecular weight is 347 g/mol. The molecule has 0 saturated carbocycles. The Labute approximate surface area is 157 Å². The summed E-state index contributed by atoms with van der Waals surface area (Å²) in [7, 11) is 0. The Morgan fingerprint density at radius 1 is 0.556 bits per heavy atom. The van der Waals surface area contributed by atoms with Crippen LogP contribution in [0.4, 0.5) is 0 Å². The van der Waals surface area contributed by atoms with Gasteiger partial charge in [0.1, 0.15) is 0 Å². The molecule has 5 aromatic rings. The predicted molar refractivity (Wildman–Crippen MR) is 109 cm³/mol. The zero-order chi connectivity index (χ0) is 18.1. The Morgan fingerprint density at radius 3 is 1.85 bits per heavy atom. The maximum atomic E-state index is 4.61. The first-order chi connectivity index (χ1) is 13.4. The lowest BCUT2D eigenvalue weighted by Crippen LogP contribution is -1.95. The van der Waals surface area contributed by atoms with Crippen molar-refractivity contribution in [2.24, 2.45) is 0 Å². The summed E-state index contributed by atoms with van der Waals surface area (Å²) in [5.41, 5.74) is 7.59. The lowest BCUT2D eigenvalue weighted by Gasteiger charge is -2.07. The second-order valence-corrected chi connectivity index (χ2v) is 6.43. The first kappa shape index (κ1) is 15.5. The smallest absolute Gasteiger partial charge is 0.163 e. The van der Waals surface area contributed by atoms with Gasteiger partial charge in [-0.2, -0.15) is 5.10 Å². The van der Waals surface area contributed by atoms with Gasteiger partial charge < -0.3 is 0 Å². The van der Waals surface area contributed by atoms with Gasteiger partial charge in [0.25, 0.3) is 0 Å². The molecular weight excluding hydrogens is 330 g/mol. The molecule has 0 radical (unpaired) electrons. The number of fused-ring (bicyclic) bond motifs is 1. The molecule has 0 bridgehead atoms. The second kappa shape index (κ2) is 6.54. The largest absolute Gasteiger partial charge is 0.236 e. The normalized spacial score (nSPS) is 11.0. The lowest BCUT2D eigenvalue weighted by atomic mass is 10.0. The summed E-state index contributed by atoms with van der Waals surface area (Å²) in [4.78, 5) is 4.57. The second-order valence-electron chi connectivity index (χ2n) is 6.43. The van der Waals surface area contributed by atoms with Gasteiger partial charge in [-0.3, -0.25) is 0 Å². The maximum Gasteiger partial charge on any atom is 0.163 e. The Balaban J connectivity index is 1.59. The van der Waals surface area contributed by atoms with E-state index < -0.39 is 0 Å². The van der Waals surface area contributed by atoms with E-state index in [1.807, 2.05) is 47.2 Å².